The fraction of sp³-hybridized carbons (Fsp3) is 0.267. The lowest BCUT2D eigenvalue weighted by atomic mass is 10.2. The van der Waals surface area contributed by atoms with Crippen molar-refractivity contribution in [2.24, 2.45) is 0 Å². The number of nitrogens with one attached hydrogen (secondary N) is 1. The summed E-state index contributed by atoms with van der Waals surface area (Å²) < 4.78 is 1.90. The molecule has 0 atom stereocenters. The van der Waals surface area contributed by atoms with Gasteiger partial charge in [-0.15, -0.1) is 10.2 Å². The first-order valence-electron chi connectivity index (χ1n) is 7.12. The number of aryl methyl sites for hydroxylation is 1. The van der Waals surface area contributed by atoms with Gasteiger partial charge in [0, 0.05) is 17.5 Å². The van der Waals surface area contributed by atoms with Crippen LogP contribution in [-0.4, -0.2) is 19.6 Å². The molecule has 1 aromatic carbocycles. The summed E-state index contributed by atoms with van der Waals surface area (Å²) in [7, 11) is 0. The molecule has 0 aliphatic rings. The van der Waals surface area contributed by atoms with Crippen molar-refractivity contribution in [1.29, 1.82) is 0 Å². The summed E-state index contributed by atoms with van der Waals surface area (Å²) >= 11 is 13.5. The van der Waals surface area contributed by atoms with Gasteiger partial charge in [-0.05, 0) is 24.1 Å². The third-order valence-corrected chi connectivity index (χ3v) is 5.05. The Labute approximate surface area is 147 Å². The number of benzene rings is 1. The van der Waals surface area contributed by atoms with Crippen LogP contribution < -0.4 is 5.56 Å². The number of hydrogen-bond acceptors (Lipinski definition) is 4. The summed E-state index contributed by atoms with van der Waals surface area (Å²) in [6.45, 7) is 2.07. The Balaban J connectivity index is 1.90. The Morgan fingerprint density at radius 1 is 1.22 bits per heavy atom. The predicted molar refractivity (Wildman–Crippen MR) is 93.6 cm³/mol. The molecule has 0 aliphatic heterocycles. The maximum Gasteiger partial charge on any atom is 0.252 e. The van der Waals surface area contributed by atoms with Crippen LogP contribution in [0.3, 0.4) is 0 Å². The molecule has 1 N–H and O–H groups in total. The monoisotopic (exact) mass is 368 g/mol. The van der Waals surface area contributed by atoms with Gasteiger partial charge in [0.2, 0.25) is 5.78 Å². The first-order valence-corrected chi connectivity index (χ1v) is 8.86. The predicted octanol–water partition coefficient (Wildman–Crippen LogP) is 3.97. The van der Waals surface area contributed by atoms with E-state index in [1.807, 2.05) is 16.5 Å². The SMILES string of the molecule is CCCc1cc(=O)[nH]c2nnc(SCc3ccc(Cl)c(Cl)c3)n12. The quantitative estimate of drug-likeness (QED) is 0.692. The molecular weight excluding hydrogens is 355 g/mol. The van der Waals surface area contributed by atoms with Crippen LogP contribution in [0, 0.1) is 0 Å². The van der Waals surface area contributed by atoms with E-state index in [2.05, 4.69) is 22.1 Å². The Hall–Kier alpha value is -1.50. The standard InChI is InChI=1S/C15H14Cl2N4OS/c1-2-3-10-7-13(22)18-14-19-20-15(21(10)14)23-8-9-4-5-11(16)12(17)6-9/h4-7H,2-3,8H2,1H3,(H,18,19,22). The molecule has 120 valence electrons. The van der Waals surface area contributed by atoms with Gasteiger partial charge in [-0.25, -0.2) is 0 Å². The molecule has 0 saturated carbocycles. The largest absolute Gasteiger partial charge is 0.291 e. The van der Waals surface area contributed by atoms with Gasteiger partial charge in [-0.3, -0.25) is 14.2 Å². The zero-order chi connectivity index (χ0) is 16.4. The lowest BCUT2D eigenvalue weighted by Crippen LogP contribution is -2.11. The van der Waals surface area contributed by atoms with E-state index in [1.54, 1.807) is 12.1 Å². The smallest absolute Gasteiger partial charge is 0.252 e. The summed E-state index contributed by atoms with van der Waals surface area (Å²) in [6.07, 6.45) is 1.73. The fourth-order valence-corrected chi connectivity index (χ4v) is 3.51. The van der Waals surface area contributed by atoms with Crippen LogP contribution in [0.2, 0.25) is 10.0 Å². The molecule has 5 nitrogen and oxygen atoms in total. The van der Waals surface area contributed by atoms with Crippen LogP contribution >= 0.6 is 35.0 Å². The van der Waals surface area contributed by atoms with Crippen molar-refractivity contribution in [3.8, 4) is 0 Å². The number of hydrogen-bond donors (Lipinski definition) is 1. The number of nitrogens with zero attached hydrogens (tertiary/aromatic N) is 3. The second-order valence-electron chi connectivity index (χ2n) is 5.05. The van der Waals surface area contributed by atoms with Gasteiger partial charge in [0.05, 0.1) is 10.0 Å². The molecule has 8 heteroatoms. The van der Waals surface area contributed by atoms with E-state index in [4.69, 9.17) is 23.2 Å². The van der Waals surface area contributed by atoms with Crippen LogP contribution in [0.25, 0.3) is 5.78 Å². The van der Waals surface area contributed by atoms with Crippen LogP contribution in [0.15, 0.2) is 34.2 Å². The molecule has 0 unspecified atom stereocenters. The lowest BCUT2D eigenvalue weighted by molar-refractivity contribution is 0.800. The van der Waals surface area contributed by atoms with E-state index in [0.29, 0.717) is 21.6 Å². The number of aromatic nitrogens is 4. The Kier molecular flexibility index (Phi) is 4.94. The van der Waals surface area contributed by atoms with E-state index in [9.17, 15) is 4.79 Å². The van der Waals surface area contributed by atoms with Crippen molar-refractivity contribution in [2.75, 3.05) is 0 Å². The molecule has 0 saturated heterocycles. The van der Waals surface area contributed by atoms with Gasteiger partial charge >= 0.3 is 0 Å². The number of thioether (sulfide) groups is 1. The van der Waals surface area contributed by atoms with Crippen molar-refractivity contribution < 1.29 is 0 Å². The Bertz CT molecular complexity index is 906. The highest BCUT2D eigenvalue weighted by atomic mass is 35.5. The van der Waals surface area contributed by atoms with E-state index in [-0.39, 0.29) is 5.56 Å². The van der Waals surface area contributed by atoms with Crippen LogP contribution in [-0.2, 0) is 12.2 Å². The zero-order valence-corrected chi connectivity index (χ0v) is 14.7. The highest BCUT2D eigenvalue weighted by molar-refractivity contribution is 7.98. The first-order chi connectivity index (χ1) is 11.1. The molecule has 23 heavy (non-hydrogen) atoms. The van der Waals surface area contributed by atoms with E-state index in [1.165, 1.54) is 11.8 Å². The number of fused-ring (bicyclic) bond motifs is 1. The van der Waals surface area contributed by atoms with Gasteiger partial charge in [0.25, 0.3) is 5.56 Å². The highest BCUT2D eigenvalue weighted by Gasteiger charge is 2.12. The average molecular weight is 369 g/mol. The molecule has 0 spiro atoms. The number of halogens is 2. The average Bonchev–Trinajstić information content (AvgIpc) is 2.92. The molecule has 0 amide bonds. The Morgan fingerprint density at radius 3 is 2.78 bits per heavy atom. The van der Waals surface area contributed by atoms with Gasteiger partial charge in [0.15, 0.2) is 5.16 Å². The van der Waals surface area contributed by atoms with Crippen molar-refractivity contribution in [3.05, 3.63) is 55.9 Å². The number of H-pyrrole nitrogens is 1. The van der Waals surface area contributed by atoms with E-state index in [0.717, 1.165) is 29.3 Å². The maximum atomic E-state index is 11.7. The maximum absolute atomic E-state index is 11.7. The second-order valence-corrected chi connectivity index (χ2v) is 6.81. The molecule has 2 heterocycles. The van der Waals surface area contributed by atoms with Crippen molar-refractivity contribution in [3.63, 3.8) is 0 Å². The van der Waals surface area contributed by atoms with Crippen LogP contribution in [0.4, 0.5) is 0 Å². The summed E-state index contributed by atoms with van der Waals surface area (Å²) in [5.41, 5.74) is 1.80. The number of aromatic amines is 1. The van der Waals surface area contributed by atoms with Gasteiger partial charge in [-0.1, -0.05) is 54.4 Å². The number of rotatable bonds is 5. The fourth-order valence-electron chi connectivity index (χ4n) is 2.28. The summed E-state index contributed by atoms with van der Waals surface area (Å²) in [6, 6.07) is 7.15. The minimum absolute atomic E-state index is 0.158. The molecule has 0 fully saturated rings. The molecule has 0 radical (unpaired) electrons. The molecule has 2 aromatic heterocycles. The van der Waals surface area contributed by atoms with Crippen LogP contribution in [0.5, 0.6) is 0 Å². The third kappa shape index (κ3) is 3.54. The summed E-state index contributed by atoms with van der Waals surface area (Å²) in [5, 5.41) is 10.1. The normalized spacial score (nSPS) is 11.3. The first kappa shape index (κ1) is 16.4. The summed E-state index contributed by atoms with van der Waals surface area (Å²) in [5.74, 6) is 1.15. The third-order valence-electron chi connectivity index (χ3n) is 3.31. The Morgan fingerprint density at radius 2 is 2.04 bits per heavy atom. The lowest BCUT2D eigenvalue weighted by Gasteiger charge is -2.06. The second kappa shape index (κ2) is 6.95. The minimum Gasteiger partial charge on any atom is -0.291 e. The van der Waals surface area contributed by atoms with Crippen LogP contribution in [0.1, 0.15) is 24.6 Å². The molecule has 3 rings (SSSR count). The topological polar surface area (TPSA) is 63.0 Å². The van der Waals surface area contributed by atoms with Gasteiger partial charge in [-0.2, -0.15) is 0 Å². The molecular formula is C15H14Cl2N4OS. The minimum atomic E-state index is -0.158. The molecule has 0 aliphatic carbocycles. The van der Waals surface area contributed by atoms with E-state index >= 15 is 0 Å². The molecule has 0 bridgehead atoms. The zero-order valence-electron chi connectivity index (χ0n) is 12.3. The van der Waals surface area contributed by atoms with Gasteiger partial charge < -0.3 is 0 Å². The van der Waals surface area contributed by atoms with Crippen molar-refractivity contribution >= 4 is 40.7 Å². The van der Waals surface area contributed by atoms with Crippen molar-refractivity contribution in [2.45, 2.75) is 30.7 Å². The molecule has 3 aromatic rings. The van der Waals surface area contributed by atoms with Gasteiger partial charge in [0.1, 0.15) is 0 Å². The van der Waals surface area contributed by atoms with Crippen molar-refractivity contribution in [1.82, 2.24) is 19.6 Å². The summed E-state index contributed by atoms with van der Waals surface area (Å²) in [4.78, 5) is 14.4. The van der Waals surface area contributed by atoms with E-state index < -0.39 is 0 Å². The highest BCUT2D eigenvalue weighted by Crippen LogP contribution is 2.27.